The van der Waals surface area contributed by atoms with Crippen LogP contribution in [0.25, 0.3) is 31.3 Å². The number of aryl methyl sites for hydroxylation is 2. The maximum Gasteiger partial charge on any atom is 0.273 e. The Bertz CT molecular complexity index is 3170. The number of halogens is 2. The van der Waals surface area contributed by atoms with E-state index in [1.165, 1.54) is 65.1 Å². The van der Waals surface area contributed by atoms with Crippen LogP contribution in [0.4, 0.5) is 38.0 Å². The Labute approximate surface area is 412 Å². The van der Waals surface area contributed by atoms with Gasteiger partial charge in [-0.05, 0) is 66.6 Å². The summed E-state index contributed by atoms with van der Waals surface area (Å²) >= 11 is 2.84. The maximum atomic E-state index is 13.3. The van der Waals surface area contributed by atoms with Gasteiger partial charge in [0, 0.05) is 70.4 Å². The molecule has 0 spiro atoms. The number of rotatable bonds is 13. The molecule has 4 aromatic heterocycles. The van der Waals surface area contributed by atoms with Gasteiger partial charge in [0.1, 0.15) is 39.2 Å². The fourth-order valence-corrected chi connectivity index (χ4v) is 9.75. The van der Waals surface area contributed by atoms with E-state index in [4.69, 9.17) is 30.9 Å². The van der Waals surface area contributed by atoms with Crippen LogP contribution >= 0.6 is 22.7 Å². The number of nitrogens with two attached hydrogens (primary N) is 2. The van der Waals surface area contributed by atoms with Crippen molar-refractivity contribution >= 4 is 84.4 Å². The molecule has 71 heavy (non-hydrogen) atoms. The fourth-order valence-electron chi connectivity index (χ4n) is 7.87. The predicted octanol–water partition coefficient (Wildman–Crippen LogP) is 6.43. The van der Waals surface area contributed by atoms with Crippen molar-refractivity contribution in [3.05, 3.63) is 135 Å². The topological polar surface area (TPSA) is 238 Å². The zero-order chi connectivity index (χ0) is 49.4. The quantitative estimate of drug-likeness (QED) is 0.0935. The Hall–Kier alpha value is -8.18. The Morgan fingerprint density at radius 1 is 0.606 bits per heavy atom. The summed E-state index contributed by atoms with van der Waals surface area (Å²) in [6.07, 6.45) is 1.40. The van der Waals surface area contributed by atoms with E-state index < -0.39 is 4.92 Å². The monoisotopic (exact) mass is 1000 g/mol. The number of hydrogen-bond donors (Lipinski definition) is 2. The number of nitrogen functional groups attached to an aromatic ring is 2. The molecule has 23 heteroatoms. The van der Waals surface area contributed by atoms with Crippen LogP contribution in [0.2, 0.25) is 0 Å². The second-order valence-electron chi connectivity index (χ2n) is 16.3. The minimum absolute atomic E-state index is 0.00182. The van der Waals surface area contributed by atoms with Crippen molar-refractivity contribution in [2.75, 3.05) is 86.8 Å². The molecule has 0 radical (unpaired) electrons. The number of non-ortho nitro benzene ring substituents is 1. The Morgan fingerprint density at radius 2 is 1.13 bits per heavy atom. The summed E-state index contributed by atoms with van der Waals surface area (Å²) in [7, 11) is 0. The summed E-state index contributed by atoms with van der Waals surface area (Å²) in [6.45, 7) is 3.99. The molecule has 0 unspecified atom stereocenters. The highest BCUT2D eigenvalue weighted by molar-refractivity contribution is 7.21. The van der Waals surface area contributed by atoms with Crippen LogP contribution in [0.3, 0.4) is 0 Å². The summed E-state index contributed by atoms with van der Waals surface area (Å²) in [5, 5.41) is 12.5. The van der Waals surface area contributed by atoms with Gasteiger partial charge in [-0.25, -0.2) is 28.7 Å². The summed E-state index contributed by atoms with van der Waals surface area (Å²) in [6, 6.07) is 27.6. The minimum Gasteiger partial charge on any atom is -0.484 e. The average molecular weight is 1000 g/mol. The number of hydrogen-bond acceptors (Lipinski definition) is 18. The molecule has 4 N–H and O–H groups in total. The molecular weight excluding hydrogens is 957 g/mol. The Balaban J connectivity index is 0.000000177. The second-order valence-corrected chi connectivity index (χ2v) is 18.3. The van der Waals surface area contributed by atoms with Gasteiger partial charge in [-0.1, -0.05) is 59.1 Å². The van der Waals surface area contributed by atoms with E-state index in [1.54, 1.807) is 40.1 Å². The molecule has 6 heterocycles. The van der Waals surface area contributed by atoms with Gasteiger partial charge in [-0.3, -0.25) is 19.7 Å². The van der Waals surface area contributed by atoms with Crippen LogP contribution in [0.5, 0.6) is 11.5 Å². The van der Waals surface area contributed by atoms with Crippen LogP contribution in [-0.2, 0) is 22.4 Å². The molecular formula is C48H45F2N13O6S2. The summed E-state index contributed by atoms with van der Waals surface area (Å²) in [5.74, 6) is 1.72. The first kappa shape index (κ1) is 47.9. The molecule has 2 aliphatic rings. The number of anilines is 4. The van der Waals surface area contributed by atoms with Gasteiger partial charge in [0.2, 0.25) is 11.9 Å². The van der Waals surface area contributed by atoms with Crippen molar-refractivity contribution in [2.24, 2.45) is 0 Å². The van der Waals surface area contributed by atoms with Crippen molar-refractivity contribution in [1.82, 2.24) is 39.7 Å². The standard InChI is InChI=1S/C25H24FN7O4S.C23H21FN6O2S/c26-17-7-4-16(5-8-17)6-9-20-28-22-23(29-25(27)30-24(22)38-20)32-12-10-31(11-13-32)21(34)15-37-19-3-1-2-18(14-19)33(35)36;24-16-8-6-15(7-9-16)21-26-19-20(27-23(25)28-22(19)33-21)30-12-10-29(11-13-30)18(31)14-32-17-4-2-1-3-5-17/h1-5,7-8,14H,6,9-13,15H2,(H2,27,29,30);1-9H,10-14H2,(H2,25,27,28). The zero-order valence-electron chi connectivity index (χ0n) is 37.9. The van der Waals surface area contributed by atoms with E-state index in [1.807, 2.05) is 35.2 Å². The predicted molar refractivity (Wildman–Crippen MR) is 267 cm³/mol. The third kappa shape index (κ3) is 11.8. The molecule has 0 saturated carbocycles. The van der Waals surface area contributed by atoms with Crippen LogP contribution < -0.4 is 30.7 Å². The molecule has 0 aliphatic carbocycles. The number of piperazine rings is 2. The number of nitro benzene ring substituents is 1. The fraction of sp³-hybridized carbons (Fsp3) is 0.250. The lowest BCUT2D eigenvalue weighted by Crippen LogP contribution is -2.50. The first-order valence-corrected chi connectivity index (χ1v) is 24.0. The average Bonchev–Trinajstić information content (AvgIpc) is 4.02. The van der Waals surface area contributed by atoms with Gasteiger partial charge < -0.3 is 40.5 Å². The summed E-state index contributed by atoms with van der Waals surface area (Å²) in [4.78, 5) is 71.7. The number of ether oxygens (including phenoxy) is 2. The normalized spacial score (nSPS) is 13.8. The Morgan fingerprint density at radius 3 is 1.70 bits per heavy atom. The lowest BCUT2D eigenvalue weighted by molar-refractivity contribution is -0.384. The van der Waals surface area contributed by atoms with Gasteiger partial charge in [0.15, 0.2) is 34.5 Å². The molecule has 10 rings (SSSR count). The number of carbonyl (C=O) groups excluding carboxylic acids is 2. The molecule has 2 fully saturated rings. The highest BCUT2D eigenvalue weighted by Crippen LogP contribution is 2.35. The van der Waals surface area contributed by atoms with E-state index in [0.717, 1.165) is 27.6 Å². The number of fused-ring (bicyclic) bond motifs is 2. The van der Waals surface area contributed by atoms with Crippen LogP contribution in [-0.4, -0.2) is 122 Å². The summed E-state index contributed by atoms with van der Waals surface area (Å²) in [5.41, 5.74) is 15.0. The first-order valence-electron chi connectivity index (χ1n) is 22.4. The van der Waals surface area contributed by atoms with Gasteiger partial charge in [0.25, 0.3) is 17.5 Å². The highest BCUT2D eigenvalue weighted by atomic mass is 32.1. The Kier molecular flexibility index (Phi) is 14.6. The van der Waals surface area contributed by atoms with Crippen LogP contribution in [0.1, 0.15) is 10.6 Å². The molecule has 0 atom stereocenters. The summed E-state index contributed by atoms with van der Waals surface area (Å²) < 4.78 is 37.5. The van der Waals surface area contributed by atoms with Crippen molar-refractivity contribution in [1.29, 1.82) is 0 Å². The van der Waals surface area contributed by atoms with Gasteiger partial charge in [0.05, 0.1) is 16.0 Å². The number of nitro groups is 1. The zero-order valence-corrected chi connectivity index (χ0v) is 39.5. The molecule has 8 aromatic rings. The highest BCUT2D eigenvalue weighted by Gasteiger charge is 2.27. The number of para-hydroxylation sites is 1. The minimum atomic E-state index is -0.512. The van der Waals surface area contributed by atoms with Crippen molar-refractivity contribution in [2.45, 2.75) is 12.8 Å². The van der Waals surface area contributed by atoms with Gasteiger partial charge >= 0.3 is 0 Å². The lowest BCUT2D eigenvalue weighted by atomic mass is 10.1. The van der Waals surface area contributed by atoms with Crippen LogP contribution in [0.15, 0.2) is 103 Å². The lowest BCUT2D eigenvalue weighted by Gasteiger charge is -2.35. The smallest absolute Gasteiger partial charge is 0.273 e. The first-order chi connectivity index (χ1) is 34.4. The number of thiazole rings is 2. The third-order valence-electron chi connectivity index (χ3n) is 11.6. The van der Waals surface area contributed by atoms with E-state index in [0.29, 0.717) is 96.9 Å². The maximum absolute atomic E-state index is 13.3. The molecule has 2 aliphatic heterocycles. The third-order valence-corrected chi connectivity index (χ3v) is 13.6. The second kappa shape index (κ2) is 21.6. The van der Waals surface area contributed by atoms with Gasteiger partial charge in [-0.2, -0.15) is 9.97 Å². The van der Waals surface area contributed by atoms with Crippen molar-refractivity contribution in [3.8, 4) is 22.1 Å². The number of amides is 2. The number of aromatic nitrogens is 6. The molecule has 4 aromatic carbocycles. The SMILES string of the molecule is Nc1nc(N2CCN(C(=O)COc3cccc([N+](=O)[O-])c3)CC2)c2nc(CCc3ccc(F)cc3)sc2n1.Nc1nc(N2CCN(C(=O)COc3ccccc3)CC2)c2nc(-c3ccc(F)cc3)sc2n1. The molecule has 2 amide bonds. The van der Waals surface area contributed by atoms with Crippen molar-refractivity contribution in [3.63, 3.8) is 0 Å². The molecule has 0 bridgehead atoms. The van der Waals surface area contributed by atoms with Gasteiger partial charge in [-0.15, -0.1) is 0 Å². The largest absolute Gasteiger partial charge is 0.484 e. The molecule has 2 saturated heterocycles. The molecule has 19 nitrogen and oxygen atoms in total. The van der Waals surface area contributed by atoms with Crippen LogP contribution in [0, 0.1) is 21.7 Å². The van der Waals surface area contributed by atoms with E-state index >= 15 is 0 Å². The molecule has 364 valence electrons. The number of benzene rings is 4. The number of carbonyl (C=O) groups is 2. The van der Waals surface area contributed by atoms with Crippen molar-refractivity contribution < 1.29 is 32.8 Å². The number of nitrogens with zero attached hydrogens (tertiary/aromatic N) is 11. The van der Waals surface area contributed by atoms with E-state index in [-0.39, 0.29) is 60.0 Å². The van der Waals surface area contributed by atoms with E-state index in [2.05, 4.69) is 24.8 Å². The van der Waals surface area contributed by atoms with E-state index in [9.17, 15) is 28.5 Å².